The second-order valence-electron chi connectivity index (χ2n) is 6.74. The molecule has 29 heavy (non-hydrogen) atoms. The summed E-state index contributed by atoms with van der Waals surface area (Å²) in [6, 6.07) is 8.01. The maximum Gasteiger partial charge on any atom is 0.338 e. The summed E-state index contributed by atoms with van der Waals surface area (Å²) in [5.74, 6) is -0.547. The van der Waals surface area contributed by atoms with Crippen molar-refractivity contribution in [1.82, 2.24) is 19.7 Å². The molecular weight excluding hydrogens is 374 g/mol. The fourth-order valence-corrected chi connectivity index (χ4v) is 3.43. The van der Waals surface area contributed by atoms with E-state index in [0.717, 1.165) is 18.5 Å². The third-order valence-electron chi connectivity index (χ3n) is 4.78. The second kappa shape index (κ2) is 7.34. The first-order valence-electron chi connectivity index (χ1n) is 9.15. The normalized spacial score (nSPS) is 12.5. The summed E-state index contributed by atoms with van der Waals surface area (Å²) in [7, 11) is 1.26. The number of nitrogens with zero attached hydrogens (tertiary/aromatic N) is 3. The number of hydrogen-bond acceptors (Lipinski definition) is 6. The number of aryl methyl sites for hydroxylation is 2. The molecule has 3 aromatic rings. The van der Waals surface area contributed by atoms with E-state index in [1.54, 1.807) is 25.1 Å². The maximum atomic E-state index is 12.8. The molecule has 2 aromatic heterocycles. The molecule has 2 N–H and O–H groups in total. The second-order valence-corrected chi connectivity index (χ2v) is 6.74. The third kappa shape index (κ3) is 3.42. The van der Waals surface area contributed by atoms with Crippen LogP contribution >= 0.6 is 0 Å². The third-order valence-corrected chi connectivity index (χ3v) is 4.78. The molecule has 0 spiro atoms. The number of anilines is 1. The van der Waals surface area contributed by atoms with E-state index in [1.807, 2.05) is 0 Å². The molecular formula is C20H19N5O4. The van der Waals surface area contributed by atoms with Gasteiger partial charge in [0.2, 0.25) is 5.95 Å². The van der Waals surface area contributed by atoms with E-state index in [0.29, 0.717) is 23.5 Å². The van der Waals surface area contributed by atoms with Gasteiger partial charge in [-0.25, -0.2) is 9.78 Å². The van der Waals surface area contributed by atoms with Gasteiger partial charge < -0.3 is 10.1 Å². The number of carbonyl (C=O) groups excluding carboxylic acids is 2. The number of esters is 1. The van der Waals surface area contributed by atoms with Crippen LogP contribution in [0.25, 0.3) is 5.95 Å². The Labute approximate surface area is 165 Å². The van der Waals surface area contributed by atoms with Crippen LogP contribution in [-0.2, 0) is 17.6 Å². The number of hydrogen-bond donors (Lipinski definition) is 2. The van der Waals surface area contributed by atoms with E-state index in [1.165, 1.54) is 23.9 Å². The van der Waals surface area contributed by atoms with Gasteiger partial charge in [-0.15, -0.1) is 0 Å². The number of methoxy groups -OCH3 is 1. The van der Waals surface area contributed by atoms with E-state index in [9.17, 15) is 14.4 Å². The first-order valence-corrected chi connectivity index (χ1v) is 9.15. The highest BCUT2D eigenvalue weighted by molar-refractivity contribution is 6.10. The molecule has 0 bridgehead atoms. The molecule has 1 amide bonds. The van der Waals surface area contributed by atoms with Crippen LogP contribution in [0.4, 0.5) is 5.82 Å². The van der Waals surface area contributed by atoms with Crippen molar-refractivity contribution in [2.75, 3.05) is 12.4 Å². The number of carbonyl (C=O) groups is 2. The molecule has 1 aromatic carbocycles. The molecule has 1 aliphatic carbocycles. The van der Waals surface area contributed by atoms with Crippen LogP contribution in [0.3, 0.4) is 0 Å². The number of fused-ring (bicyclic) bond motifs is 1. The number of aromatic amines is 1. The minimum Gasteiger partial charge on any atom is -0.465 e. The number of rotatable bonds is 4. The summed E-state index contributed by atoms with van der Waals surface area (Å²) in [5, 5.41) is 7.09. The van der Waals surface area contributed by atoms with Gasteiger partial charge >= 0.3 is 5.97 Å². The molecule has 0 saturated heterocycles. The highest BCUT2D eigenvalue weighted by Crippen LogP contribution is 2.20. The molecule has 0 atom stereocenters. The van der Waals surface area contributed by atoms with Crippen molar-refractivity contribution in [3.63, 3.8) is 0 Å². The maximum absolute atomic E-state index is 12.8. The number of nitrogens with one attached hydrogen (secondary N) is 2. The fraction of sp³-hybridized carbons (Fsp3) is 0.250. The van der Waals surface area contributed by atoms with Gasteiger partial charge in [0.15, 0.2) is 0 Å². The van der Waals surface area contributed by atoms with Crippen LogP contribution in [0.2, 0.25) is 0 Å². The van der Waals surface area contributed by atoms with E-state index >= 15 is 0 Å². The number of ether oxygens (including phenoxy) is 1. The Hall–Kier alpha value is -3.75. The van der Waals surface area contributed by atoms with Gasteiger partial charge in [0.05, 0.1) is 29.6 Å². The molecule has 0 aliphatic heterocycles. The zero-order chi connectivity index (χ0) is 20.5. The van der Waals surface area contributed by atoms with Crippen molar-refractivity contribution >= 4 is 17.7 Å². The average molecular weight is 393 g/mol. The Morgan fingerprint density at radius 2 is 1.97 bits per heavy atom. The van der Waals surface area contributed by atoms with Gasteiger partial charge in [0.1, 0.15) is 5.82 Å². The minimum atomic E-state index is -0.606. The summed E-state index contributed by atoms with van der Waals surface area (Å²) in [6.07, 6.45) is 2.34. The Balaban J connectivity index is 1.71. The van der Waals surface area contributed by atoms with Crippen molar-refractivity contribution < 1.29 is 14.3 Å². The first-order chi connectivity index (χ1) is 14.0. The Morgan fingerprint density at radius 1 is 1.21 bits per heavy atom. The fourth-order valence-electron chi connectivity index (χ4n) is 3.43. The average Bonchev–Trinajstić information content (AvgIpc) is 3.34. The lowest BCUT2D eigenvalue weighted by molar-refractivity contribution is 0.0597. The molecule has 0 unspecified atom stereocenters. The lowest BCUT2D eigenvalue weighted by Crippen LogP contribution is -2.22. The van der Waals surface area contributed by atoms with Gasteiger partial charge in [0, 0.05) is 11.6 Å². The zero-order valence-corrected chi connectivity index (χ0v) is 16.0. The van der Waals surface area contributed by atoms with Crippen LogP contribution in [0.1, 0.15) is 44.1 Å². The van der Waals surface area contributed by atoms with Crippen LogP contribution in [-0.4, -0.2) is 38.7 Å². The van der Waals surface area contributed by atoms with E-state index < -0.39 is 11.9 Å². The Kier molecular flexibility index (Phi) is 4.71. The standard InChI is InChI=1S/C20H19N5O4/c1-11-10-16(22-17(26)12-6-3-4-7-13(12)19(28)29-2)25(24-11)20-21-15-9-5-8-14(15)18(27)23-20/h3-4,6-7,10H,5,8-9H2,1-2H3,(H,22,26)(H,21,23,27). The SMILES string of the molecule is COC(=O)c1ccccc1C(=O)Nc1cc(C)nn1-c1nc2c(c(=O)[nH]1)CCC2. The van der Waals surface area contributed by atoms with E-state index in [4.69, 9.17) is 4.74 Å². The highest BCUT2D eigenvalue weighted by Gasteiger charge is 2.22. The number of benzene rings is 1. The van der Waals surface area contributed by atoms with E-state index in [-0.39, 0.29) is 22.6 Å². The smallest absolute Gasteiger partial charge is 0.338 e. The number of H-pyrrole nitrogens is 1. The highest BCUT2D eigenvalue weighted by atomic mass is 16.5. The molecule has 1 aliphatic rings. The summed E-state index contributed by atoms with van der Waals surface area (Å²) >= 11 is 0. The number of aromatic nitrogens is 4. The van der Waals surface area contributed by atoms with Crippen molar-refractivity contribution in [2.45, 2.75) is 26.2 Å². The van der Waals surface area contributed by atoms with Crippen LogP contribution in [0.15, 0.2) is 35.1 Å². The Bertz CT molecular complexity index is 1180. The largest absolute Gasteiger partial charge is 0.465 e. The van der Waals surface area contributed by atoms with Crippen molar-refractivity contribution in [3.05, 3.63) is 68.8 Å². The van der Waals surface area contributed by atoms with Crippen LogP contribution in [0, 0.1) is 6.92 Å². The molecule has 0 fully saturated rings. The molecule has 148 valence electrons. The molecule has 9 heteroatoms. The quantitative estimate of drug-likeness (QED) is 0.653. The van der Waals surface area contributed by atoms with Gasteiger partial charge in [-0.2, -0.15) is 9.78 Å². The summed E-state index contributed by atoms with van der Waals surface area (Å²) in [5.41, 5.74) is 2.22. The first kappa shape index (κ1) is 18.6. The summed E-state index contributed by atoms with van der Waals surface area (Å²) < 4.78 is 6.13. The van der Waals surface area contributed by atoms with Crippen molar-refractivity contribution in [1.29, 1.82) is 0 Å². The van der Waals surface area contributed by atoms with Crippen LogP contribution in [0.5, 0.6) is 0 Å². The summed E-state index contributed by atoms with van der Waals surface area (Å²) in [6.45, 7) is 1.76. The topological polar surface area (TPSA) is 119 Å². The molecule has 4 rings (SSSR count). The van der Waals surface area contributed by atoms with Crippen molar-refractivity contribution in [2.24, 2.45) is 0 Å². The van der Waals surface area contributed by atoms with Gasteiger partial charge in [-0.05, 0) is 38.3 Å². The molecule has 0 radical (unpaired) electrons. The molecule has 9 nitrogen and oxygen atoms in total. The predicted molar refractivity (Wildman–Crippen MR) is 104 cm³/mol. The Morgan fingerprint density at radius 3 is 2.72 bits per heavy atom. The monoisotopic (exact) mass is 393 g/mol. The lowest BCUT2D eigenvalue weighted by atomic mass is 10.1. The van der Waals surface area contributed by atoms with Crippen molar-refractivity contribution in [3.8, 4) is 5.95 Å². The zero-order valence-electron chi connectivity index (χ0n) is 16.0. The van der Waals surface area contributed by atoms with Gasteiger partial charge in [-0.3, -0.25) is 14.6 Å². The number of amides is 1. The predicted octanol–water partition coefficient (Wildman–Crippen LogP) is 1.79. The summed E-state index contributed by atoms with van der Waals surface area (Å²) in [4.78, 5) is 44.4. The van der Waals surface area contributed by atoms with E-state index in [2.05, 4.69) is 20.4 Å². The van der Waals surface area contributed by atoms with Crippen LogP contribution < -0.4 is 10.9 Å². The van der Waals surface area contributed by atoms with Gasteiger partial charge in [-0.1, -0.05) is 12.1 Å². The minimum absolute atomic E-state index is 0.152. The lowest BCUT2D eigenvalue weighted by Gasteiger charge is -2.11. The molecule has 0 saturated carbocycles. The molecule has 2 heterocycles. The van der Waals surface area contributed by atoms with Gasteiger partial charge in [0.25, 0.3) is 11.5 Å².